The molecule has 6 aliphatic rings. The van der Waals surface area contributed by atoms with Gasteiger partial charge in [0.05, 0.1) is 25.6 Å². The summed E-state index contributed by atoms with van der Waals surface area (Å²) < 4.78 is 18.9. The Morgan fingerprint density at radius 2 is 1.82 bits per heavy atom. The van der Waals surface area contributed by atoms with Gasteiger partial charge in [-0.05, 0) is 80.0 Å². The summed E-state index contributed by atoms with van der Waals surface area (Å²) in [5.41, 5.74) is -0.251. The van der Waals surface area contributed by atoms with Crippen LogP contribution in [0.25, 0.3) is 0 Å². The van der Waals surface area contributed by atoms with E-state index in [9.17, 15) is 14.4 Å². The first-order valence-corrected chi connectivity index (χ1v) is 15.2. The molecule has 0 radical (unpaired) electrons. The summed E-state index contributed by atoms with van der Waals surface area (Å²) in [6.07, 6.45) is 8.25. The van der Waals surface area contributed by atoms with E-state index in [1.165, 1.54) is 0 Å². The number of aliphatic carboxylic acids is 1. The van der Waals surface area contributed by atoms with E-state index in [0.717, 1.165) is 58.0 Å². The summed E-state index contributed by atoms with van der Waals surface area (Å²) in [4.78, 5) is 37.2. The lowest BCUT2D eigenvalue weighted by atomic mass is 9.44. The monoisotopic (exact) mass is 530 g/mol. The molecule has 4 aliphatic carbocycles. The Hall–Kier alpha value is -1.47. The highest BCUT2D eigenvalue weighted by molar-refractivity contribution is 5.87. The maximum absolute atomic E-state index is 14.2. The number of fused-ring (bicyclic) bond motifs is 7. The first kappa shape index (κ1) is 26.7. The third-order valence-corrected chi connectivity index (χ3v) is 12.6. The Labute approximate surface area is 226 Å². The maximum atomic E-state index is 14.2. The molecule has 2 saturated heterocycles. The second kappa shape index (κ2) is 9.29. The van der Waals surface area contributed by atoms with Crippen molar-refractivity contribution >= 4 is 17.7 Å². The molecule has 0 amide bonds. The fourth-order valence-electron chi connectivity index (χ4n) is 10.5. The second-order valence-corrected chi connectivity index (χ2v) is 14.3. The molecule has 0 aromatic rings. The zero-order valence-corrected chi connectivity index (χ0v) is 23.6. The minimum Gasteiger partial charge on any atom is -0.481 e. The summed E-state index contributed by atoms with van der Waals surface area (Å²) in [6.45, 7) is 9.94. The van der Waals surface area contributed by atoms with Crippen LogP contribution in [0.3, 0.4) is 0 Å². The van der Waals surface area contributed by atoms with Gasteiger partial charge < -0.3 is 19.3 Å². The molecule has 7 heteroatoms. The second-order valence-electron chi connectivity index (χ2n) is 14.3. The summed E-state index contributed by atoms with van der Waals surface area (Å²) >= 11 is 0. The number of ether oxygens (including phenoxy) is 3. The molecule has 6 rings (SSSR count). The first-order chi connectivity index (χ1) is 18.0. The van der Waals surface area contributed by atoms with Crippen LogP contribution < -0.4 is 0 Å². The van der Waals surface area contributed by atoms with Gasteiger partial charge in [0.1, 0.15) is 11.9 Å². The van der Waals surface area contributed by atoms with E-state index in [-0.39, 0.29) is 47.7 Å². The normalized spacial score (nSPS) is 51.6. The number of carboxylic acid groups (broad SMARTS) is 1. The topological polar surface area (TPSA) is 99.1 Å². The van der Waals surface area contributed by atoms with Gasteiger partial charge in [-0.25, -0.2) is 0 Å². The zero-order chi connectivity index (χ0) is 27.0. The van der Waals surface area contributed by atoms with Gasteiger partial charge in [0, 0.05) is 30.1 Å². The third kappa shape index (κ3) is 3.92. The highest BCUT2D eigenvalue weighted by Crippen LogP contribution is 2.70. The molecule has 4 saturated carbocycles. The number of hydrogen-bond acceptors (Lipinski definition) is 6. The molecule has 2 heterocycles. The fraction of sp³-hybridized carbons (Fsp3) is 0.903. The van der Waals surface area contributed by atoms with Crippen LogP contribution >= 0.6 is 0 Å². The Morgan fingerprint density at radius 1 is 1.03 bits per heavy atom. The average Bonchev–Trinajstić information content (AvgIpc) is 3.32. The van der Waals surface area contributed by atoms with Crippen molar-refractivity contribution in [1.82, 2.24) is 0 Å². The number of hydrogen-bond donors (Lipinski definition) is 1. The Bertz CT molecular complexity index is 985. The minimum atomic E-state index is -0.975. The van der Waals surface area contributed by atoms with Crippen molar-refractivity contribution in [2.45, 2.75) is 116 Å². The van der Waals surface area contributed by atoms with Crippen LogP contribution in [0, 0.1) is 52.3 Å². The van der Waals surface area contributed by atoms with E-state index in [4.69, 9.17) is 19.3 Å². The lowest BCUT2D eigenvalue weighted by molar-refractivity contribution is -0.272. The standard InChI is InChI=1S/C31H46O7/c1-17-9-12-31(36-16-17)18(2)28-24(38-31)14-23-21-6-5-19-13-20(37-27(35)8-7-26(33)34)10-11-29(19,3)22(21)15-25(32)30(23,28)4/h17-24,28H,5-16H2,1-4H3,(H,33,34)/t17-,18-,19-,20+,21+,22+,23-,24-,28-,29-,30+,31+/m0/s1. The van der Waals surface area contributed by atoms with Gasteiger partial charge in [0.2, 0.25) is 0 Å². The number of carboxylic acids is 1. The molecule has 12 atom stereocenters. The lowest BCUT2D eigenvalue weighted by Gasteiger charge is -2.60. The Kier molecular flexibility index (Phi) is 6.54. The van der Waals surface area contributed by atoms with Crippen molar-refractivity contribution in [3.8, 4) is 0 Å². The SMILES string of the molecule is C[C@H]1CC[C@@]2(OC1)O[C@H]1C[C@H]3[C@@H]4CC[C@H]5C[C@H](OC(=O)CCC(=O)O)CC[C@]5(C)[C@@H]4CC(=O)[C@]3(C)[C@H]1[C@@H]2C. The van der Waals surface area contributed by atoms with Crippen LogP contribution in [-0.2, 0) is 28.6 Å². The molecule has 212 valence electrons. The number of carbonyl (C=O) groups excluding carboxylic acids is 2. The fourth-order valence-corrected chi connectivity index (χ4v) is 10.5. The van der Waals surface area contributed by atoms with Crippen molar-refractivity contribution in [3.63, 3.8) is 0 Å². The number of esters is 1. The van der Waals surface area contributed by atoms with E-state index in [1.54, 1.807) is 0 Å². The van der Waals surface area contributed by atoms with Gasteiger partial charge in [0.15, 0.2) is 5.79 Å². The van der Waals surface area contributed by atoms with Crippen LogP contribution in [0.5, 0.6) is 0 Å². The van der Waals surface area contributed by atoms with E-state index in [1.807, 2.05) is 0 Å². The smallest absolute Gasteiger partial charge is 0.306 e. The summed E-state index contributed by atoms with van der Waals surface area (Å²) in [6, 6.07) is 0. The molecular weight excluding hydrogens is 484 g/mol. The van der Waals surface area contributed by atoms with Crippen molar-refractivity contribution < 1.29 is 33.7 Å². The number of ketones is 1. The van der Waals surface area contributed by atoms with Crippen molar-refractivity contribution in [2.75, 3.05) is 6.61 Å². The van der Waals surface area contributed by atoms with E-state index in [2.05, 4.69) is 27.7 Å². The average molecular weight is 531 g/mol. The molecule has 6 fully saturated rings. The Morgan fingerprint density at radius 3 is 2.53 bits per heavy atom. The molecular formula is C31H46O7. The van der Waals surface area contributed by atoms with Crippen molar-refractivity contribution in [1.29, 1.82) is 0 Å². The zero-order valence-electron chi connectivity index (χ0n) is 23.6. The van der Waals surface area contributed by atoms with Crippen LogP contribution in [-0.4, -0.2) is 47.4 Å². The van der Waals surface area contributed by atoms with Gasteiger partial charge in [0.25, 0.3) is 0 Å². The molecule has 2 aliphatic heterocycles. The van der Waals surface area contributed by atoms with Crippen LogP contribution in [0.15, 0.2) is 0 Å². The molecule has 7 nitrogen and oxygen atoms in total. The van der Waals surface area contributed by atoms with Crippen molar-refractivity contribution in [3.05, 3.63) is 0 Å². The molecule has 0 aromatic heterocycles. The number of rotatable bonds is 4. The predicted octanol–water partition coefficient (Wildman–Crippen LogP) is 5.39. The highest BCUT2D eigenvalue weighted by Gasteiger charge is 2.71. The summed E-state index contributed by atoms with van der Waals surface area (Å²) in [7, 11) is 0. The quantitative estimate of drug-likeness (QED) is 0.487. The van der Waals surface area contributed by atoms with Crippen LogP contribution in [0.1, 0.15) is 98.3 Å². The van der Waals surface area contributed by atoms with E-state index >= 15 is 0 Å². The van der Waals surface area contributed by atoms with Crippen molar-refractivity contribution in [2.24, 2.45) is 52.3 Å². The molecule has 0 bridgehead atoms. The Balaban J connectivity index is 1.17. The van der Waals surface area contributed by atoms with Gasteiger partial charge >= 0.3 is 11.9 Å². The lowest BCUT2D eigenvalue weighted by Crippen LogP contribution is -2.58. The minimum absolute atomic E-state index is 0.0680. The van der Waals surface area contributed by atoms with E-state index in [0.29, 0.717) is 41.8 Å². The first-order valence-electron chi connectivity index (χ1n) is 15.2. The summed E-state index contributed by atoms with van der Waals surface area (Å²) in [5.74, 6) is 1.32. The number of carbonyl (C=O) groups is 3. The van der Waals surface area contributed by atoms with Gasteiger partial charge in [-0.15, -0.1) is 0 Å². The number of Topliss-reactive ketones (excluding diaryl/α,β-unsaturated/α-hetero) is 1. The van der Waals surface area contributed by atoms with Crippen LogP contribution in [0.4, 0.5) is 0 Å². The van der Waals surface area contributed by atoms with Gasteiger partial charge in [-0.3, -0.25) is 14.4 Å². The van der Waals surface area contributed by atoms with Gasteiger partial charge in [-0.1, -0.05) is 27.7 Å². The molecule has 0 unspecified atom stereocenters. The van der Waals surface area contributed by atoms with Crippen LogP contribution in [0.2, 0.25) is 0 Å². The van der Waals surface area contributed by atoms with Gasteiger partial charge in [-0.2, -0.15) is 0 Å². The third-order valence-electron chi connectivity index (χ3n) is 12.6. The highest BCUT2D eigenvalue weighted by atomic mass is 16.7. The maximum Gasteiger partial charge on any atom is 0.306 e. The summed E-state index contributed by atoms with van der Waals surface area (Å²) in [5, 5.41) is 8.86. The molecule has 1 spiro atoms. The molecule has 38 heavy (non-hydrogen) atoms. The molecule has 1 N–H and O–H groups in total. The largest absolute Gasteiger partial charge is 0.481 e. The van der Waals surface area contributed by atoms with E-state index < -0.39 is 17.7 Å². The molecule has 0 aromatic carbocycles. The predicted molar refractivity (Wildman–Crippen MR) is 139 cm³/mol.